The Bertz CT molecular complexity index is 498. The lowest BCUT2D eigenvalue weighted by molar-refractivity contribution is -0.147. The van der Waals surface area contributed by atoms with Gasteiger partial charge < -0.3 is 19.5 Å². The molecule has 5 nitrogen and oxygen atoms in total. The fourth-order valence-electron chi connectivity index (χ4n) is 3.06. The normalized spacial score (nSPS) is 17.7. The molecule has 1 aromatic carbocycles. The molecule has 128 valence electrons. The molecule has 0 saturated carbocycles. The van der Waals surface area contributed by atoms with Gasteiger partial charge in [0, 0.05) is 12.1 Å². The molecular weight excluding hydrogens is 294 g/mol. The summed E-state index contributed by atoms with van der Waals surface area (Å²) in [5, 5.41) is 10.5. The smallest absolute Gasteiger partial charge is 0.308 e. The highest BCUT2D eigenvalue weighted by Gasteiger charge is 2.25. The van der Waals surface area contributed by atoms with Crippen LogP contribution in [0, 0.1) is 5.92 Å². The fourth-order valence-corrected chi connectivity index (χ4v) is 3.06. The molecule has 1 atom stereocenters. The summed E-state index contributed by atoms with van der Waals surface area (Å²) in [7, 11) is 1.45. The van der Waals surface area contributed by atoms with E-state index in [9.17, 15) is 9.90 Å². The first-order valence-electron chi connectivity index (χ1n) is 8.35. The van der Waals surface area contributed by atoms with Gasteiger partial charge in [-0.15, -0.1) is 0 Å². The van der Waals surface area contributed by atoms with Gasteiger partial charge in [0.15, 0.2) is 0 Å². The summed E-state index contributed by atoms with van der Waals surface area (Å²) in [6.45, 7) is 5.09. The van der Waals surface area contributed by atoms with E-state index in [0.29, 0.717) is 13.0 Å². The zero-order valence-corrected chi connectivity index (χ0v) is 14.0. The number of methoxy groups -OCH3 is 1. The van der Waals surface area contributed by atoms with Crippen LogP contribution in [-0.4, -0.2) is 49.3 Å². The minimum absolute atomic E-state index is 0.0276. The number of ether oxygens (including phenoxy) is 2. The topological polar surface area (TPSA) is 59.0 Å². The third-order valence-electron chi connectivity index (χ3n) is 4.42. The van der Waals surface area contributed by atoms with E-state index in [4.69, 9.17) is 9.47 Å². The number of para-hydroxylation sites is 1. The first-order chi connectivity index (χ1) is 11.2. The van der Waals surface area contributed by atoms with Crippen LogP contribution < -0.4 is 4.74 Å². The Hall–Kier alpha value is -1.59. The molecule has 1 N–H and O–H groups in total. The second-order valence-electron chi connectivity index (χ2n) is 5.91. The molecule has 0 spiro atoms. The number of aliphatic hydroxyl groups is 1. The van der Waals surface area contributed by atoms with E-state index in [1.54, 1.807) is 0 Å². The maximum absolute atomic E-state index is 11.5. The number of hydrogen-bond donors (Lipinski definition) is 1. The average molecular weight is 321 g/mol. The molecule has 0 bridgehead atoms. The monoisotopic (exact) mass is 321 g/mol. The van der Waals surface area contributed by atoms with Crippen molar-refractivity contribution in [2.45, 2.75) is 32.3 Å². The molecular formula is C18H27NO4. The highest BCUT2D eigenvalue weighted by molar-refractivity contribution is 5.72. The number of likely N-dealkylation sites (tertiary alicyclic amines) is 1. The Balaban J connectivity index is 1.81. The van der Waals surface area contributed by atoms with Gasteiger partial charge in [-0.3, -0.25) is 4.79 Å². The van der Waals surface area contributed by atoms with Crippen LogP contribution in [0.25, 0.3) is 0 Å². The van der Waals surface area contributed by atoms with Gasteiger partial charge in [-0.05, 0) is 45.3 Å². The Morgan fingerprint density at radius 2 is 2.04 bits per heavy atom. The molecule has 1 unspecified atom stereocenters. The number of piperidine rings is 1. The van der Waals surface area contributed by atoms with Crippen LogP contribution in [0.1, 0.15) is 37.9 Å². The van der Waals surface area contributed by atoms with Crippen molar-refractivity contribution in [1.29, 1.82) is 0 Å². The molecule has 23 heavy (non-hydrogen) atoms. The molecule has 0 aliphatic carbocycles. The Labute approximate surface area is 138 Å². The molecule has 2 rings (SSSR count). The standard InChI is InChI=1S/C18H27NO4/c1-3-23-17-7-5-4-6-15(17)16(20)10-13-19-11-8-14(9-12-19)18(21)22-2/h4-7,14,16,20H,3,8-13H2,1-2H3. The molecule has 1 aliphatic heterocycles. The Kier molecular flexibility index (Phi) is 6.86. The third-order valence-corrected chi connectivity index (χ3v) is 4.42. The molecule has 1 aromatic rings. The first-order valence-corrected chi connectivity index (χ1v) is 8.35. The fraction of sp³-hybridized carbons (Fsp3) is 0.611. The van der Waals surface area contributed by atoms with E-state index >= 15 is 0 Å². The summed E-state index contributed by atoms with van der Waals surface area (Å²) in [5.74, 6) is 0.682. The molecule has 5 heteroatoms. The number of esters is 1. The number of hydrogen-bond acceptors (Lipinski definition) is 5. The zero-order chi connectivity index (χ0) is 16.7. The van der Waals surface area contributed by atoms with Gasteiger partial charge in [-0.2, -0.15) is 0 Å². The van der Waals surface area contributed by atoms with Crippen molar-refractivity contribution in [1.82, 2.24) is 4.90 Å². The molecule has 1 fully saturated rings. The van der Waals surface area contributed by atoms with Crippen molar-refractivity contribution < 1.29 is 19.4 Å². The van der Waals surface area contributed by atoms with Gasteiger partial charge in [0.2, 0.25) is 0 Å². The zero-order valence-electron chi connectivity index (χ0n) is 14.0. The van der Waals surface area contributed by atoms with Crippen molar-refractivity contribution in [3.05, 3.63) is 29.8 Å². The van der Waals surface area contributed by atoms with Gasteiger partial charge in [0.25, 0.3) is 0 Å². The molecule has 1 aliphatic rings. The number of nitrogens with zero attached hydrogens (tertiary/aromatic N) is 1. The van der Waals surface area contributed by atoms with Gasteiger partial charge >= 0.3 is 5.97 Å². The highest BCUT2D eigenvalue weighted by atomic mass is 16.5. The van der Waals surface area contributed by atoms with Crippen molar-refractivity contribution in [2.75, 3.05) is 33.4 Å². The SMILES string of the molecule is CCOc1ccccc1C(O)CCN1CCC(C(=O)OC)CC1. The molecule has 0 aromatic heterocycles. The van der Waals surface area contributed by atoms with Crippen LogP contribution in [0.15, 0.2) is 24.3 Å². The summed E-state index contributed by atoms with van der Waals surface area (Å²) < 4.78 is 10.4. The van der Waals surface area contributed by atoms with E-state index < -0.39 is 6.10 Å². The first kappa shape index (κ1) is 17.8. The maximum Gasteiger partial charge on any atom is 0.308 e. The van der Waals surface area contributed by atoms with Gasteiger partial charge in [-0.25, -0.2) is 0 Å². The van der Waals surface area contributed by atoms with Gasteiger partial charge in [-0.1, -0.05) is 18.2 Å². The van der Waals surface area contributed by atoms with E-state index in [-0.39, 0.29) is 11.9 Å². The lowest BCUT2D eigenvalue weighted by atomic mass is 9.96. The highest BCUT2D eigenvalue weighted by Crippen LogP contribution is 2.28. The lowest BCUT2D eigenvalue weighted by Crippen LogP contribution is -2.37. The van der Waals surface area contributed by atoms with Crippen LogP contribution >= 0.6 is 0 Å². The minimum Gasteiger partial charge on any atom is -0.493 e. The predicted octanol–water partition coefficient (Wildman–Crippen LogP) is 2.39. The molecule has 1 heterocycles. The number of rotatable bonds is 7. The molecule has 0 radical (unpaired) electrons. The Morgan fingerprint density at radius 1 is 1.35 bits per heavy atom. The maximum atomic E-state index is 11.5. The van der Waals surface area contributed by atoms with Crippen LogP contribution in [0.5, 0.6) is 5.75 Å². The van der Waals surface area contributed by atoms with Crippen molar-refractivity contribution >= 4 is 5.97 Å². The van der Waals surface area contributed by atoms with E-state index in [1.807, 2.05) is 31.2 Å². The largest absolute Gasteiger partial charge is 0.493 e. The Morgan fingerprint density at radius 3 is 2.70 bits per heavy atom. The number of carbonyl (C=O) groups is 1. The molecule has 1 saturated heterocycles. The number of aliphatic hydroxyl groups excluding tert-OH is 1. The summed E-state index contributed by atoms with van der Waals surface area (Å²) in [4.78, 5) is 13.8. The second-order valence-corrected chi connectivity index (χ2v) is 5.91. The second kappa shape index (κ2) is 8.89. The van der Waals surface area contributed by atoms with E-state index in [2.05, 4.69) is 4.90 Å². The lowest BCUT2D eigenvalue weighted by Gasteiger charge is -2.31. The van der Waals surface area contributed by atoms with Crippen molar-refractivity contribution in [3.8, 4) is 5.75 Å². The number of benzene rings is 1. The predicted molar refractivity (Wildman–Crippen MR) is 88.4 cm³/mol. The van der Waals surface area contributed by atoms with E-state index in [1.165, 1.54) is 7.11 Å². The number of carbonyl (C=O) groups excluding carboxylic acids is 1. The summed E-state index contributed by atoms with van der Waals surface area (Å²) >= 11 is 0. The summed E-state index contributed by atoms with van der Waals surface area (Å²) in [5.41, 5.74) is 0.846. The van der Waals surface area contributed by atoms with Gasteiger partial charge in [0.1, 0.15) is 5.75 Å². The quantitative estimate of drug-likeness (QED) is 0.782. The van der Waals surface area contributed by atoms with Crippen LogP contribution in [-0.2, 0) is 9.53 Å². The third kappa shape index (κ3) is 4.94. The van der Waals surface area contributed by atoms with Crippen LogP contribution in [0.4, 0.5) is 0 Å². The van der Waals surface area contributed by atoms with E-state index in [0.717, 1.165) is 43.8 Å². The van der Waals surface area contributed by atoms with Gasteiger partial charge in [0.05, 0.1) is 25.7 Å². The van der Waals surface area contributed by atoms with Crippen LogP contribution in [0.3, 0.4) is 0 Å². The molecule has 0 amide bonds. The minimum atomic E-state index is -0.531. The van der Waals surface area contributed by atoms with Crippen molar-refractivity contribution in [3.63, 3.8) is 0 Å². The van der Waals surface area contributed by atoms with Crippen LogP contribution in [0.2, 0.25) is 0 Å². The summed E-state index contributed by atoms with van der Waals surface area (Å²) in [6, 6.07) is 7.64. The van der Waals surface area contributed by atoms with Crippen molar-refractivity contribution in [2.24, 2.45) is 5.92 Å². The summed E-state index contributed by atoms with van der Waals surface area (Å²) in [6.07, 6.45) is 1.79. The average Bonchev–Trinajstić information content (AvgIpc) is 2.60.